The topological polar surface area (TPSA) is 91.8 Å². The molecule has 3 unspecified atom stereocenters. The van der Waals surface area contributed by atoms with Crippen molar-refractivity contribution in [3.05, 3.63) is 12.2 Å². The van der Waals surface area contributed by atoms with E-state index in [-0.39, 0.29) is 23.5 Å². The summed E-state index contributed by atoms with van der Waals surface area (Å²) >= 11 is 0. The number of carboxylic acid groups (broad SMARTS) is 1. The zero-order valence-corrected chi connectivity index (χ0v) is 12.9. The molecular formula is C14H21NO5S. The van der Waals surface area contributed by atoms with Crippen LogP contribution in [0.5, 0.6) is 0 Å². The van der Waals surface area contributed by atoms with Crippen molar-refractivity contribution in [2.45, 2.75) is 32.2 Å². The molecule has 0 saturated carbocycles. The van der Waals surface area contributed by atoms with E-state index < -0.39 is 27.6 Å². The molecule has 6 nitrogen and oxygen atoms in total. The fourth-order valence-corrected chi connectivity index (χ4v) is 4.92. The first-order chi connectivity index (χ1) is 9.85. The maximum absolute atomic E-state index is 12.7. The smallest absolute Gasteiger partial charge is 0.307 e. The minimum absolute atomic E-state index is 0.00707. The number of carbonyl (C=O) groups excluding carboxylic acids is 1. The van der Waals surface area contributed by atoms with Gasteiger partial charge in [-0.2, -0.15) is 0 Å². The molecule has 2 aliphatic rings. The lowest BCUT2D eigenvalue weighted by molar-refractivity contribution is -0.151. The Labute approximate surface area is 124 Å². The monoisotopic (exact) mass is 315 g/mol. The Kier molecular flexibility index (Phi) is 4.70. The molecule has 0 aromatic carbocycles. The van der Waals surface area contributed by atoms with Crippen LogP contribution in [0.1, 0.15) is 26.2 Å². The van der Waals surface area contributed by atoms with Gasteiger partial charge in [0.25, 0.3) is 0 Å². The molecule has 0 bridgehead atoms. The first-order valence-corrected chi connectivity index (χ1v) is 9.06. The maximum atomic E-state index is 12.7. The Morgan fingerprint density at radius 3 is 2.33 bits per heavy atom. The molecule has 3 atom stereocenters. The summed E-state index contributed by atoms with van der Waals surface area (Å²) in [7, 11) is -3.07. The largest absolute Gasteiger partial charge is 0.481 e. The van der Waals surface area contributed by atoms with Crippen molar-refractivity contribution < 1.29 is 23.1 Å². The van der Waals surface area contributed by atoms with Crippen molar-refractivity contribution >= 4 is 21.7 Å². The Balaban J connectivity index is 2.16. The van der Waals surface area contributed by atoms with Gasteiger partial charge in [0.15, 0.2) is 9.84 Å². The molecule has 1 aliphatic carbocycles. The lowest BCUT2D eigenvalue weighted by Crippen LogP contribution is -2.47. The van der Waals surface area contributed by atoms with Gasteiger partial charge in [0, 0.05) is 12.6 Å². The van der Waals surface area contributed by atoms with E-state index in [0.29, 0.717) is 25.8 Å². The highest BCUT2D eigenvalue weighted by atomic mass is 32.2. The number of allylic oxidation sites excluding steroid dienone is 2. The second-order valence-electron chi connectivity index (χ2n) is 5.68. The van der Waals surface area contributed by atoms with Gasteiger partial charge in [-0.15, -0.1) is 0 Å². The summed E-state index contributed by atoms with van der Waals surface area (Å²) in [5.41, 5.74) is 0. The zero-order valence-electron chi connectivity index (χ0n) is 12.1. The summed E-state index contributed by atoms with van der Waals surface area (Å²) in [6, 6.07) is -0.312. The lowest BCUT2D eigenvalue weighted by atomic mass is 9.82. The van der Waals surface area contributed by atoms with Crippen LogP contribution in [0.3, 0.4) is 0 Å². The first-order valence-electron chi connectivity index (χ1n) is 7.24. The van der Waals surface area contributed by atoms with Gasteiger partial charge >= 0.3 is 5.97 Å². The summed E-state index contributed by atoms with van der Waals surface area (Å²) < 4.78 is 23.2. The van der Waals surface area contributed by atoms with Crippen molar-refractivity contribution in [1.29, 1.82) is 0 Å². The van der Waals surface area contributed by atoms with Gasteiger partial charge in [0.2, 0.25) is 5.91 Å². The third-order valence-electron chi connectivity index (χ3n) is 4.34. The number of hydrogen-bond donors (Lipinski definition) is 1. The van der Waals surface area contributed by atoms with Crippen molar-refractivity contribution in [2.75, 3.05) is 18.1 Å². The van der Waals surface area contributed by atoms with Crippen molar-refractivity contribution in [2.24, 2.45) is 11.8 Å². The number of sulfone groups is 1. The van der Waals surface area contributed by atoms with E-state index in [1.165, 1.54) is 0 Å². The molecule has 0 aromatic heterocycles. The molecule has 7 heteroatoms. The molecular weight excluding hydrogens is 294 g/mol. The van der Waals surface area contributed by atoms with Crippen LogP contribution in [0.4, 0.5) is 0 Å². The van der Waals surface area contributed by atoms with Crippen LogP contribution in [-0.2, 0) is 19.4 Å². The highest BCUT2D eigenvalue weighted by molar-refractivity contribution is 7.91. The molecule has 2 rings (SSSR count). The Hall–Kier alpha value is -1.37. The number of rotatable bonds is 4. The van der Waals surface area contributed by atoms with E-state index in [4.69, 9.17) is 0 Å². The zero-order chi connectivity index (χ0) is 15.6. The number of aliphatic carboxylic acids is 1. The van der Waals surface area contributed by atoms with E-state index >= 15 is 0 Å². The summed E-state index contributed by atoms with van der Waals surface area (Å²) in [5, 5.41) is 9.26. The highest BCUT2D eigenvalue weighted by Crippen LogP contribution is 2.29. The first kappa shape index (κ1) is 16.0. The van der Waals surface area contributed by atoms with Crippen LogP contribution in [0.2, 0.25) is 0 Å². The fourth-order valence-electron chi connectivity index (χ4n) is 3.19. The summed E-state index contributed by atoms with van der Waals surface area (Å²) in [4.78, 5) is 25.5. The minimum Gasteiger partial charge on any atom is -0.481 e. The average Bonchev–Trinajstić information content (AvgIpc) is 2.79. The van der Waals surface area contributed by atoms with Crippen LogP contribution in [0, 0.1) is 11.8 Å². The van der Waals surface area contributed by atoms with Crippen LogP contribution < -0.4 is 0 Å². The number of carbonyl (C=O) groups is 2. The third-order valence-corrected chi connectivity index (χ3v) is 6.09. The average molecular weight is 315 g/mol. The maximum Gasteiger partial charge on any atom is 0.307 e. The minimum atomic E-state index is -3.07. The molecule has 0 radical (unpaired) electrons. The van der Waals surface area contributed by atoms with Gasteiger partial charge in [-0.05, 0) is 26.2 Å². The molecule has 1 fully saturated rings. The number of amides is 1. The summed E-state index contributed by atoms with van der Waals surface area (Å²) in [6.07, 6.45) is 4.83. The van der Waals surface area contributed by atoms with E-state index in [1.807, 2.05) is 6.08 Å². The van der Waals surface area contributed by atoms with E-state index in [2.05, 4.69) is 0 Å². The molecule has 1 aliphatic heterocycles. The lowest BCUT2D eigenvalue weighted by Gasteiger charge is -2.33. The Bertz CT molecular complexity index is 554. The normalized spacial score (nSPS) is 31.0. The van der Waals surface area contributed by atoms with Crippen LogP contribution in [0.15, 0.2) is 12.2 Å². The highest BCUT2D eigenvalue weighted by Gasteiger charge is 2.40. The standard InChI is InChI=1S/C14H21NO5S/c1-2-15(10-7-8-21(19,20)9-10)13(16)11-5-3-4-6-12(11)14(17)18/h3-4,10-12H,2,5-9H2,1H3,(H,17,18). The van der Waals surface area contributed by atoms with E-state index in [0.717, 1.165) is 0 Å². The van der Waals surface area contributed by atoms with Crippen molar-refractivity contribution in [3.63, 3.8) is 0 Å². The van der Waals surface area contributed by atoms with Gasteiger partial charge in [-0.25, -0.2) is 8.42 Å². The van der Waals surface area contributed by atoms with Crippen LogP contribution in [-0.4, -0.2) is 54.4 Å². The van der Waals surface area contributed by atoms with Gasteiger partial charge in [-0.1, -0.05) is 12.2 Å². The Morgan fingerprint density at radius 2 is 1.86 bits per heavy atom. The van der Waals surface area contributed by atoms with Gasteiger partial charge < -0.3 is 10.0 Å². The van der Waals surface area contributed by atoms with Gasteiger partial charge in [-0.3, -0.25) is 9.59 Å². The van der Waals surface area contributed by atoms with E-state index in [9.17, 15) is 23.1 Å². The number of hydrogen-bond acceptors (Lipinski definition) is 4. The molecule has 0 aromatic rings. The predicted octanol–water partition coefficient (Wildman–Crippen LogP) is 0.689. The summed E-state index contributed by atoms with van der Waals surface area (Å²) in [5.74, 6) is -2.39. The molecule has 1 N–H and O–H groups in total. The summed E-state index contributed by atoms with van der Waals surface area (Å²) in [6.45, 7) is 2.21. The van der Waals surface area contributed by atoms with Gasteiger partial charge in [0.1, 0.15) is 0 Å². The molecule has 21 heavy (non-hydrogen) atoms. The van der Waals surface area contributed by atoms with Gasteiger partial charge in [0.05, 0.1) is 23.3 Å². The molecule has 1 saturated heterocycles. The Morgan fingerprint density at radius 1 is 1.24 bits per heavy atom. The quantitative estimate of drug-likeness (QED) is 0.771. The fraction of sp³-hybridized carbons (Fsp3) is 0.714. The predicted molar refractivity (Wildman–Crippen MR) is 77.4 cm³/mol. The second-order valence-corrected chi connectivity index (χ2v) is 7.90. The number of carboxylic acids is 1. The van der Waals surface area contributed by atoms with E-state index in [1.54, 1.807) is 17.9 Å². The molecule has 1 amide bonds. The van der Waals surface area contributed by atoms with Crippen LogP contribution in [0.25, 0.3) is 0 Å². The number of nitrogens with zero attached hydrogens (tertiary/aromatic N) is 1. The third kappa shape index (κ3) is 3.45. The molecule has 1 heterocycles. The SMILES string of the molecule is CCN(C(=O)C1CC=CCC1C(=O)O)C1CCS(=O)(=O)C1. The molecule has 0 spiro atoms. The van der Waals surface area contributed by atoms with Crippen molar-refractivity contribution in [1.82, 2.24) is 4.90 Å². The second kappa shape index (κ2) is 6.17. The molecule has 118 valence electrons. The van der Waals surface area contributed by atoms with Crippen molar-refractivity contribution in [3.8, 4) is 0 Å². The van der Waals surface area contributed by atoms with Crippen LogP contribution >= 0.6 is 0 Å².